The van der Waals surface area contributed by atoms with E-state index in [1.807, 2.05) is 38.1 Å². The van der Waals surface area contributed by atoms with Crippen LogP contribution < -0.4 is 10.6 Å². The second-order valence-electron chi connectivity index (χ2n) is 7.24. The number of para-hydroxylation sites is 1. The normalized spacial score (nSPS) is 11.9. The van der Waals surface area contributed by atoms with Crippen LogP contribution in [-0.4, -0.2) is 35.0 Å². The van der Waals surface area contributed by atoms with Gasteiger partial charge in [-0.15, -0.1) is 0 Å². The minimum Gasteiger partial charge on any atom is -0.467 e. The van der Waals surface area contributed by atoms with Crippen molar-refractivity contribution >= 4 is 51.8 Å². The predicted octanol–water partition coefficient (Wildman–Crippen LogP) is 4.48. The summed E-state index contributed by atoms with van der Waals surface area (Å²) in [6, 6.07) is 11.5. The number of halogens is 2. The lowest BCUT2D eigenvalue weighted by Crippen LogP contribution is -2.36. The highest BCUT2D eigenvalue weighted by Gasteiger charge is 2.24. The average Bonchev–Trinajstić information content (AvgIpc) is 2.74. The minimum absolute atomic E-state index is 0.0306. The molecule has 0 aliphatic carbocycles. The molecular formula is C22H22Cl2N4O3. The van der Waals surface area contributed by atoms with Gasteiger partial charge in [0.25, 0.3) is 5.91 Å². The van der Waals surface area contributed by atoms with E-state index in [0.29, 0.717) is 32.8 Å². The molecule has 0 saturated heterocycles. The molecule has 0 spiro atoms. The van der Waals surface area contributed by atoms with Crippen molar-refractivity contribution in [2.24, 2.45) is 5.92 Å². The Morgan fingerprint density at radius 3 is 2.39 bits per heavy atom. The van der Waals surface area contributed by atoms with Gasteiger partial charge in [-0.1, -0.05) is 49.2 Å². The Labute approximate surface area is 190 Å². The van der Waals surface area contributed by atoms with Gasteiger partial charge in [-0.3, -0.25) is 4.79 Å². The van der Waals surface area contributed by atoms with Crippen molar-refractivity contribution in [3.05, 3.63) is 63.9 Å². The molecule has 0 radical (unpaired) electrons. The molecule has 31 heavy (non-hydrogen) atoms. The summed E-state index contributed by atoms with van der Waals surface area (Å²) in [7, 11) is 1.35. The molecule has 0 fully saturated rings. The van der Waals surface area contributed by atoms with E-state index in [-0.39, 0.29) is 24.3 Å². The number of anilines is 1. The van der Waals surface area contributed by atoms with Gasteiger partial charge in [-0.25, -0.2) is 14.8 Å². The number of fused-ring (bicyclic) bond motifs is 1. The second kappa shape index (κ2) is 9.94. The number of hydrogen-bond donors (Lipinski definition) is 2. The molecule has 0 bridgehead atoms. The topological polar surface area (TPSA) is 93.2 Å². The third kappa shape index (κ3) is 5.62. The second-order valence-corrected chi connectivity index (χ2v) is 8.11. The van der Waals surface area contributed by atoms with Crippen molar-refractivity contribution in [1.82, 2.24) is 15.3 Å². The van der Waals surface area contributed by atoms with Gasteiger partial charge in [0.1, 0.15) is 11.9 Å². The fourth-order valence-corrected chi connectivity index (χ4v) is 3.56. The Morgan fingerprint density at radius 2 is 1.74 bits per heavy atom. The van der Waals surface area contributed by atoms with Crippen molar-refractivity contribution in [2.45, 2.75) is 26.4 Å². The van der Waals surface area contributed by atoms with Crippen molar-refractivity contribution in [1.29, 1.82) is 0 Å². The first-order valence-electron chi connectivity index (χ1n) is 9.62. The van der Waals surface area contributed by atoms with Crippen LogP contribution in [0.3, 0.4) is 0 Å². The van der Waals surface area contributed by atoms with E-state index in [1.54, 1.807) is 6.07 Å². The number of aromatic nitrogens is 2. The van der Waals surface area contributed by atoms with E-state index in [9.17, 15) is 9.59 Å². The maximum Gasteiger partial charge on any atom is 0.328 e. The van der Waals surface area contributed by atoms with Gasteiger partial charge in [0, 0.05) is 21.0 Å². The zero-order chi connectivity index (χ0) is 22.5. The summed E-state index contributed by atoms with van der Waals surface area (Å²) in [6.45, 7) is 3.90. The average molecular weight is 461 g/mol. The number of benzene rings is 2. The first kappa shape index (κ1) is 22.8. The molecule has 2 aromatic carbocycles. The first-order chi connectivity index (χ1) is 14.8. The molecular weight excluding hydrogens is 439 g/mol. The number of rotatable bonds is 7. The first-order valence-corrected chi connectivity index (χ1v) is 10.4. The number of nitrogens with zero attached hydrogens (tertiary/aromatic N) is 2. The zero-order valence-electron chi connectivity index (χ0n) is 17.3. The van der Waals surface area contributed by atoms with Crippen LogP contribution in [0.15, 0.2) is 42.5 Å². The van der Waals surface area contributed by atoms with Crippen molar-refractivity contribution in [3.63, 3.8) is 0 Å². The third-order valence-electron chi connectivity index (χ3n) is 4.60. The van der Waals surface area contributed by atoms with Crippen LogP contribution in [0.5, 0.6) is 0 Å². The molecule has 162 valence electrons. The highest BCUT2D eigenvalue weighted by molar-refractivity contribution is 6.35. The molecule has 0 aliphatic rings. The summed E-state index contributed by atoms with van der Waals surface area (Å²) >= 11 is 11.9. The Hall–Kier alpha value is -2.90. The Balaban J connectivity index is 1.87. The molecule has 9 heteroatoms. The molecule has 2 N–H and O–H groups in total. The molecule has 1 atom stereocenters. The Bertz CT molecular complexity index is 1100. The van der Waals surface area contributed by atoms with Gasteiger partial charge in [-0.2, -0.15) is 0 Å². The maximum absolute atomic E-state index is 12.5. The summed E-state index contributed by atoms with van der Waals surface area (Å²) < 4.78 is 4.91. The fraction of sp³-hybridized carbons (Fsp3) is 0.273. The van der Waals surface area contributed by atoms with E-state index in [0.717, 1.165) is 5.39 Å². The quantitative estimate of drug-likeness (QED) is 0.505. The molecule has 3 aromatic rings. The summed E-state index contributed by atoms with van der Waals surface area (Å²) in [4.78, 5) is 33.8. The number of ether oxygens (including phenoxy) is 1. The molecule has 3 rings (SSSR count). The minimum atomic E-state index is -0.584. The number of esters is 1. The number of carbonyl (C=O) groups excluding carboxylic acids is 2. The van der Waals surface area contributed by atoms with Gasteiger partial charge in [0.2, 0.25) is 0 Å². The number of carbonyl (C=O) groups is 2. The van der Waals surface area contributed by atoms with Crippen molar-refractivity contribution in [2.75, 3.05) is 12.4 Å². The van der Waals surface area contributed by atoms with Crippen LogP contribution in [0.4, 0.5) is 5.82 Å². The maximum atomic E-state index is 12.5. The van der Waals surface area contributed by atoms with Gasteiger partial charge in [0.15, 0.2) is 5.82 Å². The van der Waals surface area contributed by atoms with Crippen LogP contribution in [0, 0.1) is 5.92 Å². The largest absolute Gasteiger partial charge is 0.467 e. The zero-order valence-corrected chi connectivity index (χ0v) is 18.8. The van der Waals surface area contributed by atoms with Crippen molar-refractivity contribution in [3.8, 4) is 0 Å². The Morgan fingerprint density at radius 1 is 1.06 bits per heavy atom. The molecule has 0 aliphatic heterocycles. The fourth-order valence-electron chi connectivity index (χ4n) is 3.03. The summed E-state index contributed by atoms with van der Waals surface area (Å²) in [5, 5.41) is 7.44. The van der Waals surface area contributed by atoms with Gasteiger partial charge in [0.05, 0.1) is 19.2 Å². The van der Waals surface area contributed by atoms with Crippen LogP contribution in [-0.2, 0) is 16.1 Å². The monoisotopic (exact) mass is 460 g/mol. The van der Waals surface area contributed by atoms with E-state index >= 15 is 0 Å². The smallest absolute Gasteiger partial charge is 0.328 e. The van der Waals surface area contributed by atoms with E-state index < -0.39 is 6.04 Å². The lowest BCUT2D eigenvalue weighted by molar-refractivity contribution is -0.142. The van der Waals surface area contributed by atoms with Crippen LogP contribution in [0.25, 0.3) is 10.9 Å². The molecule has 7 nitrogen and oxygen atoms in total. The molecule has 0 saturated carbocycles. The summed E-state index contributed by atoms with van der Waals surface area (Å²) in [5.74, 6) is 0.104. The van der Waals surface area contributed by atoms with Gasteiger partial charge >= 0.3 is 5.97 Å². The standard InChI is InChI=1S/C22H22Cl2N4O3/c1-12(2)19(22(30)31-3)28-20-16-6-4-5-7-17(16)26-18(27-20)11-25-21(29)13-8-14(23)10-15(24)9-13/h4-10,12,19H,11H2,1-3H3,(H,25,29)(H,26,27,28)/t19-/m0/s1. The molecule has 1 heterocycles. The highest BCUT2D eigenvalue weighted by Crippen LogP contribution is 2.23. The predicted molar refractivity (Wildman–Crippen MR) is 121 cm³/mol. The molecule has 1 amide bonds. The Kier molecular flexibility index (Phi) is 7.30. The number of methoxy groups -OCH3 is 1. The van der Waals surface area contributed by atoms with Crippen LogP contribution in [0.1, 0.15) is 30.0 Å². The number of amides is 1. The third-order valence-corrected chi connectivity index (χ3v) is 5.03. The summed E-state index contributed by atoms with van der Waals surface area (Å²) in [6.07, 6.45) is 0. The molecule has 1 aromatic heterocycles. The SMILES string of the molecule is COC(=O)[C@@H](Nc1nc(CNC(=O)c2cc(Cl)cc(Cl)c2)nc2ccccc12)C(C)C. The highest BCUT2D eigenvalue weighted by atomic mass is 35.5. The van der Waals surface area contributed by atoms with Crippen LogP contribution >= 0.6 is 23.2 Å². The van der Waals surface area contributed by atoms with E-state index in [4.69, 9.17) is 27.9 Å². The van der Waals surface area contributed by atoms with Gasteiger partial charge < -0.3 is 15.4 Å². The van der Waals surface area contributed by atoms with E-state index in [2.05, 4.69) is 20.6 Å². The number of nitrogens with one attached hydrogen (secondary N) is 2. The van der Waals surface area contributed by atoms with E-state index in [1.165, 1.54) is 19.2 Å². The molecule has 0 unspecified atom stereocenters. The lowest BCUT2D eigenvalue weighted by atomic mass is 10.0. The summed E-state index contributed by atoms with van der Waals surface area (Å²) in [5.41, 5.74) is 1.02. The lowest BCUT2D eigenvalue weighted by Gasteiger charge is -2.21. The van der Waals surface area contributed by atoms with Crippen molar-refractivity contribution < 1.29 is 14.3 Å². The van der Waals surface area contributed by atoms with Gasteiger partial charge in [-0.05, 0) is 36.2 Å². The van der Waals surface area contributed by atoms with Crippen LogP contribution in [0.2, 0.25) is 10.0 Å². The number of hydrogen-bond acceptors (Lipinski definition) is 6.